The summed E-state index contributed by atoms with van der Waals surface area (Å²) >= 11 is 12.6. The van der Waals surface area contributed by atoms with Crippen LogP contribution >= 0.6 is 23.2 Å². The molecule has 1 unspecified atom stereocenters. The molecule has 0 N–H and O–H groups in total. The van der Waals surface area contributed by atoms with Crippen molar-refractivity contribution < 1.29 is 0 Å². The fourth-order valence-electron chi connectivity index (χ4n) is 1.98. The van der Waals surface area contributed by atoms with Gasteiger partial charge in [0.25, 0.3) is 0 Å². The summed E-state index contributed by atoms with van der Waals surface area (Å²) in [6.45, 7) is 4.24. The van der Waals surface area contributed by atoms with Crippen LogP contribution in [-0.4, -0.2) is 0 Å². The van der Waals surface area contributed by atoms with Gasteiger partial charge >= 0.3 is 0 Å². The van der Waals surface area contributed by atoms with Crippen molar-refractivity contribution >= 4 is 23.2 Å². The molecule has 0 bridgehead atoms. The molecule has 0 nitrogen and oxygen atoms in total. The van der Waals surface area contributed by atoms with Crippen molar-refractivity contribution in [2.45, 2.75) is 25.6 Å². The fraction of sp³-hybridized carbons (Fsp3) is 0.250. The van der Waals surface area contributed by atoms with E-state index in [2.05, 4.69) is 32.0 Å². The van der Waals surface area contributed by atoms with Gasteiger partial charge in [-0.05, 0) is 48.6 Å². The number of rotatable bonds is 3. The summed E-state index contributed by atoms with van der Waals surface area (Å²) in [6, 6.07) is 14.2. The summed E-state index contributed by atoms with van der Waals surface area (Å²) in [6.07, 6.45) is 0.798. The quantitative estimate of drug-likeness (QED) is 0.653. The van der Waals surface area contributed by atoms with E-state index in [1.807, 2.05) is 24.3 Å². The van der Waals surface area contributed by atoms with Gasteiger partial charge < -0.3 is 0 Å². The third-order valence-electron chi connectivity index (χ3n) is 3.23. The number of hydrogen-bond acceptors (Lipinski definition) is 0. The molecule has 2 rings (SSSR count). The molecule has 2 heteroatoms. The number of hydrogen-bond donors (Lipinski definition) is 0. The Labute approximate surface area is 119 Å². The molecule has 0 aliphatic carbocycles. The first-order chi connectivity index (χ1) is 8.58. The SMILES string of the molecule is Cc1ccc(CC(Cl)c2ccccc2Cl)cc1C. The summed E-state index contributed by atoms with van der Waals surface area (Å²) in [4.78, 5) is 0. The van der Waals surface area contributed by atoms with Crippen LogP contribution in [0.5, 0.6) is 0 Å². The van der Waals surface area contributed by atoms with E-state index < -0.39 is 0 Å². The van der Waals surface area contributed by atoms with Crippen LogP contribution < -0.4 is 0 Å². The van der Waals surface area contributed by atoms with E-state index in [1.165, 1.54) is 16.7 Å². The van der Waals surface area contributed by atoms with E-state index in [0.29, 0.717) is 0 Å². The van der Waals surface area contributed by atoms with Crippen LogP contribution in [0, 0.1) is 13.8 Å². The molecule has 0 spiro atoms. The number of aryl methyl sites for hydroxylation is 2. The van der Waals surface area contributed by atoms with E-state index in [-0.39, 0.29) is 5.38 Å². The molecule has 0 saturated heterocycles. The Morgan fingerprint density at radius 1 is 1.00 bits per heavy atom. The molecular weight excluding hydrogens is 263 g/mol. The second-order valence-electron chi connectivity index (χ2n) is 4.61. The van der Waals surface area contributed by atoms with Gasteiger partial charge in [0, 0.05) is 5.02 Å². The number of benzene rings is 2. The van der Waals surface area contributed by atoms with Crippen molar-refractivity contribution in [2.75, 3.05) is 0 Å². The monoisotopic (exact) mass is 278 g/mol. The Kier molecular flexibility index (Phi) is 4.31. The lowest BCUT2D eigenvalue weighted by Crippen LogP contribution is -1.97. The maximum atomic E-state index is 6.45. The largest absolute Gasteiger partial charge is 0.117 e. The van der Waals surface area contributed by atoms with E-state index in [1.54, 1.807) is 0 Å². The first-order valence-corrected chi connectivity index (χ1v) is 6.84. The highest BCUT2D eigenvalue weighted by atomic mass is 35.5. The van der Waals surface area contributed by atoms with Crippen LogP contribution in [0.25, 0.3) is 0 Å². The lowest BCUT2D eigenvalue weighted by Gasteiger charge is -2.12. The summed E-state index contributed by atoms with van der Waals surface area (Å²) < 4.78 is 0. The third-order valence-corrected chi connectivity index (χ3v) is 3.96. The summed E-state index contributed by atoms with van der Waals surface area (Å²) in [5.41, 5.74) is 4.86. The Hall–Kier alpha value is -0.980. The highest BCUT2D eigenvalue weighted by Gasteiger charge is 2.12. The molecule has 2 aromatic rings. The first kappa shape index (κ1) is 13.5. The van der Waals surface area contributed by atoms with Gasteiger partial charge in [0.2, 0.25) is 0 Å². The highest BCUT2D eigenvalue weighted by Crippen LogP contribution is 2.30. The van der Waals surface area contributed by atoms with E-state index in [0.717, 1.165) is 17.0 Å². The molecule has 0 fully saturated rings. The topological polar surface area (TPSA) is 0 Å². The normalized spacial score (nSPS) is 12.4. The van der Waals surface area contributed by atoms with Crippen molar-refractivity contribution in [3.63, 3.8) is 0 Å². The molecule has 0 radical (unpaired) electrons. The summed E-state index contributed by atoms with van der Waals surface area (Å²) in [5.74, 6) is 0. The van der Waals surface area contributed by atoms with Crippen LogP contribution in [0.2, 0.25) is 5.02 Å². The fourth-order valence-corrected chi connectivity index (χ4v) is 2.67. The smallest absolute Gasteiger partial charge is 0.0640 e. The summed E-state index contributed by atoms with van der Waals surface area (Å²) in [7, 11) is 0. The van der Waals surface area contributed by atoms with Gasteiger partial charge in [0.05, 0.1) is 5.38 Å². The summed E-state index contributed by atoms with van der Waals surface area (Å²) in [5, 5.41) is 0.655. The molecule has 0 heterocycles. The molecular formula is C16H16Cl2. The van der Waals surface area contributed by atoms with Crippen molar-refractivity contribution in [1.82, 2.24) is 0 Å². The molecule has 1 atom stereocenters. The van der Waals surface area contributed by atoms with Gasteiger partial charge in [0.1, 0.15) is 0 Å². The highest BCUT2D eigenvalue weighted by molar-refractivity contribution is 6.32. The van der Waals surface area contributed by atoms with Crippen molar-refractivity contribution in [2.24, 2.45) is 0 Å². The lowest BCUT2D eigenvalue weighted by molar-refractivity contribution is 0.917. The van der Waals surface area contributed by atoms with E-state index in [4.69, 9.17) is 23.2 Å². The Bertz CT molecular complexity index is 547. The third kappa shape index (κ3) is 3.07. The zero-order chi connectivity index (χ0) is 13.1. The Morgan fingerprint density at radius 2 is 1.72 bits per heavy atom. The van der Waals surface area contributed by atoms with Crippen molar-refractivity contribution in [3.8, 4) is 0 Å². The van der Waals surface area contributed by atoms with Crippen LogP contribution in [0.3, 0.4) is 0 Å². The molecule has 0 aromatic heterocycles. The van der Waals surface area contributed by atoms with Crippen molar-refractivity contribution in [3.05, 3.63) is 69.7 Å². The molecule has 0 saturated carbocycles. The van der Waals surface area contributed by atoms with Gasteiger partial charge in [-0.1, -0.05) is 48.0 Å². The minimum absolute atomic E-state index is 0.0826. The predicted molar refractivity (Wildman–Crippen MR) is 79.7 cm³/mol. The molecule has 0 amide bonds. The average molecular weight is 279 g/mol. The molecule has 94 valence electrons. The lowest BCUT2D eigenvalue weighted by atomic mass is 10.00. The van der Waals surface area contributed by atoms with Crippen molar-refractivity contribution in [1.29, 1.82) is 0 Å². The van der Waals surface area contributed by atoms with Crippen LogP contribution in [-0.2, 0) is 6.42 Å². The number of halogens is 2. The van der Waals surface area contributed by atoms with Gasteiger partial charge in [-0.2, -0.15) is 0 Å². The first-order valence-electron chi connectivity index (χ1n) is 6.02. The van der Waals surface area contributed by atoms with Crippen LogP contribution in [0.1, 0.15) is 27.6 Å². The molecule has 0 aliphatic rings. The number of alkyl halides is 1. The average Bonchev–Trinajstić information content (AvgIpc) is 2.34. The predicted octanol–water partition coefficient (Wildman–Crippen LogP) is 5.48. The zero-order valence-corrected chi connectivity index (χ0v) is 12.1. The van der Waals surface area contributed by atoms with Gasteiger partial charge in [-0.25, -0.2) is 0 Å². The maximum absolute atomic E-state index is 6.45. The Balaban J connectivity index is 2.19. The standard InChI is InChI=1S/C16H16Cl2/c1-11-7-8-13(9-12(11)2)10-16(18)14-5-3-4-6-15(14)17/h3-9,16H,10H2,1-2H3. The van der Waals surface area contributed by atoms with Crippen LogP contribution in [0.4, 0.5) is 0 Å². The van der Waals surface area contributed by atoms with Gasteiger partial charge in [-0.15, -0.1) is 11.6 Å². The molecule has 18 heavy (non-hydrogen) atoms. The minimum Gasteiger partial charge on any atom is -0.117 e. The van der Waals surface area contributed by atoms with E-state index >= 15 is 0 Å². The molecule has 2 aromatic carbocycles. The second kappa shape index (κ2) is 5.77. The maximum Gasteiger partial charge on any atom is 0.0640 e. The van der Waals surface area contributed by atoms with Crippen LogP contribution in [0.15, 0.2) is 42.5 Å². The zero-order valence-electron chi connectivity index (χ0n) is 10.6. The second-order valence-corrected chi connectivity index (χ2v) is 5.55. The minimum atomic E-state index is -0.0826. The van der Waals surface area contributed by atoms with Gasteiger partial charge in [0.15, 0.2) is 0 Å². The van der Waals surface area contributed by atoms with E-state index in [9.17, 15) is 0 Å². The Morgan fingerprint density at radius 3 is 2.39 bits per heavy atom. The molecule has 0 aliphatic heterocycles. The van der Waals surface area contributed by atoms with Gasteiger partial charge in [-0.3, -0.25) is 0 Å².